The first kappa shape index (κ1) is 18.8. The number of sulfonamides is 1. The molecule has 0 saturated carbocycles. The summed E-state index contributed by atoms with van der Waals surface area (Å²) >= 11 is 1.54. The molecule has 1 saturated heterocycles. The maximum Gasteiger partial charge on any atom is 0.248 e. The molecule has 1 aromatic heterocycles. The second-order valence-corrected chi connectivity index (χ2v) is 9.10. The highest BCUT2D eigenvalue weighted by molar-refractivity contribution is 7.89. The summed E-state index contributed by atoms with van der Waals surface area (Å²) in [7, 11) is -3.53. The van der Waals surface area contributed by atoms with Crippen LogP contribution in [0.25, 0.3) is 6.08 Å². The van der Waals surface area contributed by atoms with Gasteiger partial charge in [-0.1, -0.05) is 25.0 Å². The van der Waals surface area contributed by atoms with E-state index in [0.29, 0.717) is 18.8 Å². The van der Waals surface area contributed by atoms with Crippen LogP contribution < -0.4 is 5.32 Å². The van der Waals surface area contributed by atoms with E-state index in [2.05, 4.69) is 5.32 Å². The highest BCUT2D eigenvalue weighted by atomic mass is 32.2. The van der Waals surface area contributed by atoms with Crippen molar-refractivity contribution >= 4 is 39.0 Å². The Balaban J connectivity index is 1.72. The molecule has 0 atom stereocenters. The summed E-state index contributed by atoms with van der Waals surface area (Å²) in [5.74, 6) is -0.289. The highest BCUT2D eigenvalue weighted by Gasteiger charge is 2.25. The average Bonchev–Trinajstić information content (AvgIpc) is 2.99. The van der Waals surface area contributed by atoms with E-state index in [-0.39, 0.29) is 10.8 Å². The molecule has 0 bridgehead atoms. The zero-order valence-corrected chi connectivity index (χ0v) is 16.1. The predicted octanol–water partition coefficient (Wildman–Crippen LogP) is 3.96. The Labute approximate surface area is 158 Å². The Morgan fingerprint density at radius 3 is 2.54 bits per heavy atom. The molecule has 3 rings (SSSR count). The van der Waals surface area contributed by atoms with Gasteiger partial charge < -0.3 is 5.32 Å². The standard InChI is InChI=1S/C19H22N2O3S2/c22-19(11-10-17-8-6-14-25-17)20-16-7-5-9-18(15-16)26(23,24)21-12-3-1-2-4-13-21/h5-11,14-15H,1-4,12-13H2,(H,20,22)/b11-10+. The minimum Gasteiger partial charge on any atom is -0.322 e. The Hall–Kier alpha value is -1.96. The van der Waals surface area contributed by atoms with E-state index >= 15 is 0 Å². The van der Waals surface area contributed by atoms with Crippen molar-refractivity contribution in [3.63, 3.8) is 0 Å². The summed E-state index contributed by atoms with van der Waals surface area (Å²) in [6.07, 6.45) is 7.10. The van der Waals surface area contributed by atoms with E-state index in [9.17, 15) is 13.2 Å². The van der Waals surface area contributed by atoms with Gasteiger partial charge in [0, 0.05) is 29.7 Å². The van der Waals surface area contributed by atoms with E-state index in [4.69, 9.17) is 0 Å². The zero-order chi connectivity index (χ0) is 18.4. The van der Waals surface area contributed by atoms with Crippen LogP contribution in [0.5, 0.6) is 0 Å². The first-order valence-electron chi connectivity index (χ1n) is 8.68. The first-order valence-corrected chi connectivity index (χ1v) is 11.0. The minimum absolute atomic E-state index is 0.222. The molecule has 2 aromatic rings. The fraction of sp³-hybridized carbons (Fsp3) is 0.316. The predicted molar refractivity (Wildman–Crippen MR) is 106 cm³/mol. The van der Waals surface area contributed by atoms with Crippen molar-refractivity contribution in [3.05, 3.63) is 52.7 Å². The van der Waals surface area contributed by atoms with Crippen LogP contribution in [0.4, 0.5) is 5.69 Å². The Kier molecular flexibility index (Phi) is 6.24. The van der Waals surface area contributed by atoms with Gasteiger partial charge in [-0.15, -0.1) is 11.3 Å². The summed E-state index contributed by atoms with van der Waals surface area (Å²) in [4.78, 5) is 13.3. The quantitative estimate of drug-likeness (QED) is 0.786. The van der Waals surface area contributed by atoms with Crippen LogP contribution in [0.15, 0.2) is 52.7 Å². The Morgan fingerprint density at radius 2 is 1.85 bits per heavy atom. The average molecular weight is 391 g/mol. The van der Waals surface area contributed by atoms with Crippen LogP contribution >= 0.6 is 11.3 Å². The Morgan fingerprint density at radius 1 is 1.08 bits per heavy atom. The van der Waals surface area contributed by atoms with Gasteiger partial charge in [-0.3, -0.25) is 4.79 Å². The van der Waals surface area contributed by atoms with Gasteiger partial charge in [0.15, 0.2) is 0 Å². The summed E-state index contributed by atoms with van der Waals surface area (Å²) in [5.41, 5.74) is 0.474. The van der Waals surface area contributed by atoms with Crippen molar-refractivity contribution in [2.75, 3.05) is 18.4 Å². The number of thiophene rings is 1. The van der Waals surface area contributed by atoms with Crippen molar-refractivity contribution in [2.45, 2.75) is 30.6 Å². The van der Waals surface area contributed by atoms with Crippen LogP contribution in [0, 0.1) is 0 Å². The zero-order valence-electron chi connectivity index (χ0n) is 14.4. The monoisotopic (exact) mass is 390 g/mol. The maximum absolute atomic E-state index is 12.9. The lowest BCUT2D eigenvalue weighted by Gasteiger charge is -2.20. The van der Waals surface area contributed by atoms with Crippen LogP contribution in [0.2, 0.25) is 0 Å². The minimum atomic E-state index is -3.53. The van der Waals surface area contributed by atoms with E-state index < -0.39 is 10.0 Å². The molecule has 7 heteroatoms. The molecule has 1 fully saturated rings. The summed E-state index contributed by atoms with van der Waals surface area (Å²) in [5, 5.41) is 4.67. The SMILES string of the molecule is O=C(/C=C/c1cccs1)Nc1cccc(S(=O)(=O)N2CCCCCC2)c1. The molecule has 5 nitrogen and oxygen atoms in total. The fourth-order valence-corrected chi connectivity index (χ4v) is 5.07. The number of hydrogen-bond donors (Lipinski definition) is 1. The van der Waals surface area contributed by atoms with Gasteiger partial charge >= 0.3 is 0 Å². The summed E-state index contributed by atoms with van der Waals surface area (Å²) in [6.45, 7) is 1.12. The molecule has 2 heterocycles. The maximum atomic E-state index is 12.9. The van der Waals surface area contributed by atoms with Gasteiger partial charge in [-0.2, -0.15) is 4.31 Å². The van der Waals surface area contributed by atoms with Crippen LogP contribution in [-0.4, -0.2) is 31.7 Å². The summed E-state index contributed by atoms with van der Waals surface area (Å²) in [6, 6.07) is 10.3. The van der Waals surface area contributed by atoms with Gasteiger partial charge in [0.1, 0.15) is 0 Å². The fourth-order valence-electron chi connectivity index (χ4n) is 2.89. The van der Waals surface area contributed by atoms with Crippen molar-refractivity contribution in [1.82, 2.24) is 4.31 Å². The van der Waals surface area contributed by atoms with Gasteiger partial charge in [-0.25, -0.2) is 8.42 Å². The smallest absolute Gasteiger partial charge is 0.248 e. The largest absolute Gasteiger partial charge is 0.322 e. The Bertz CT molecular complexity index is 866. The van der Waals surface area contributed by atoms with Crippen LogP contribution in [0.1, 0.15) is 30.6 Å². The molecule has 0 aliphatic carbocycles. The van der Waals surface area contributed by atoms with E-state index in [1.54, 1.807) is 39.9 Å². The van der Waals surface area contributed by atoms with Crippen molar-refractivity contribution < 1.29 is 13.2 Å². The molecule has 1 aliphatic heterocycles. The van der Waals surface area contributed by atoms with Crippen LogP contribution in [-0.2, 0) is 14.8 Å². The third kappa shape index (κ3) is 4.81. The highest BCUT2D eigenvalue weighted by Crippen LogP contribution is 2.22. The molecular weight excluding hydrogens is 368 g/mol. The second kappa shape index (κ2) is 8.62. The first-order chi connectivity index (χ1) is 12.6. The van der Waals surface area contributed by atoms with Crippen molar-refractivity contribution in [2.24, 2.45) is 0 Å². The molecule has 0 radical (unpaired) electrons. The molecule has 1 amide bonds. The number of amides is 1. The normalized spacial score (nSPS) is 16.5. The number of rotatable bonds is 5. The van der Waals surface area contributed by atoms with Crippen LogP contribution in [0.3, 0.4) is 0 Å². The van der Waals surface area contributed by atoms with E-state index in [0.717, 1.165) is 30.6 Å². The number of carbonyl (C=O) groups is 1. The number of anilines is 1. The van der Waals surface area contributed by atoms with Gasteiger partial charge in [0.2, 0.25) is 15.9 Å². The number of hydrogen-bond acceptors (Lipinski definition) is 4. The molecule has 1 N–H and O–H groups in total. The third-order valence-electron chi connectivity index (χ3n) is 4.25. The second-order valence-electron chi connectivity index (χ2n) is 6.18. The van der Waals surface area contributed by atoms with E-state index in [1.807, 2.05) is 17.5 Å². The third-order valence-corrected chi connectivity index (χ3v) is 6.98. The number of carbonyl (C=O) groups excluding carboxylic acids is 1. The molecule has 138 valence electrons. The molecule has 0 unspecified atom stereocenters. The van der Waals surface area contributed by atoms with E-state index in [1.165, 1.54) is 12.1 Å². The molecule has 1 aromatic carbocycles. The lowest BCUT2D eigenvalue weighted by Crippen LogP contribution is -2.32. The number of benzene rings is 1. The number of nitrogens with one attached hydrogen (secondary N) is 1. The van der Waals surface area contributed by atoms with Gasteiger partial charge in [0.25, 0.3) is 0 Å². The number of nitrogens with zero attached hydrogens (tertiary/aromatic N) is 1. The van der Waals surface area contributed by atoms with Gasteiger partial charge in [0.05, 0.1) is 4.90 Å². The molecule has 1 aliphatic rings. The summed E-state index contributed by atoms with van der Waals surface area (Å²) < 4.78 is 27.3. The topological polar surface area (TPSA) is 66.5 Å². The van der Waals surface area contributed by atoms with Crippen molar-refractivity contribution in [1.29, 1.82) is 0 Å². The lowest BCUT2D eigenvalue weighted by molar-refractivity contribution is -0.111. The van der Waals surface area contributed by atoms with Crippen molar-refractivity contribution in [3.8, 4) is 0 Å². The lowest BCUT2D eigenvalue weighted by atomic mass is 10.2. The van der Waals surface area contributed by atoms with Gasteiger partial charge in [-0.05, 0) is 48.6 Å². The molecule has 26 heavy (non-hydrogen) atoms. The molecular formula is C19H22N2O3S2. The molecule has 0 spiro atoms.